The van der Waals surface area contributed by atoms with Gasteiger partial charge in [-0.2, -0.15) is 0 Å². The van der Waals surface area contributed by atoms with Crippen LogP contribution in [0.1, 0.15) is 96.9 Å². The van der Waals surface area contributed by atoms with Crippen LogP contribution in [-0.4, -0.2) is 0 Å². The average Bonchev–Trinajstić information content (AvgIpc) is 2.50. The maximum Gasteiger partial charge on any atom is 0.0149 e. The molecule has 2 aliphatic carbocycles. The van der Waals surface area contributed by atoms with Gasteiger partial charge in [-0.05, 0) is 49.4 Å². The van der Waals surface area contributed by atoms with Crippen molar-refractivity contribution in [3.8, 4) is 0 Å². The van der Waals surface area contributed by atoms with Gasteiger partial charge in [0.15, 0.2) is 0 Å². The van der Waals surface area contributed by atoms with E-state index in [1.807, 2.05) is 0 Å². The monoisotopic (exact) mass is 330 g/mol. The fourth-order valence-electron chi connectivity index (χ4n) is 6.94. The summed E-state index contributed by atoms with van der Waals surface area (Å²) in [5.41, 5.74) is 7.27. The normalized spacial score (nSPS) is 39.8. The van der Waals surface area contributed by atoms with Gasteiger partial charge in [0, 0.05) is 10.8 Å². The van der Waals surface area contributed by atoms with Gasteiger partial charge in [-0.25, -0.2) is 0 Å². The van der Waals surface area contributed by atoms with Crippen molar-refractivity contribution in [1.29, 1.82) is 0 Å². The van der Waals surface area contributed by atoms with Gasteiger partial charge in [-0.15, -0.1) is 0 Å². The first-order chi connectivity index (χ1) is 10.4. The van der Waals surface area contributed by atoms with Crippen LogP contribution in [0.4, 0.5) is 0 Å². The molecule has 0 heteroatoms. The fourth-order valence-corrected chi connectivity index (χ4v) is 6.94. The van der Waals surface area contributed by atoms with Gasteiger partial charge in [0.1, 0.15) is 0 Å². The second-order valence-corrected chi connectivity index (χ2v) is 11.2. The molecule has 2 rings (SSSR count). The average molecular weight is 331 g/mol. The molecule has 0 fully saturated rings. The van der Waals surface area contributed by atoms with Crippen molar-refractivity contribution in [3.05, 3.63) is 22.3 Å². The lowest BCUT2D eigenvalue weighted by Gasteiger charge is -2.67. The minimum atomic E-state index is 0.0907. The lowest BCUT2D eigenvalue weighted by atomic mass is 9.37. The summed E-state index contributed by atoms with van der Waals surface area (Å²) in [5.74, 6) is 0. The molecule has 0 aromatic rings. The molecule has 2 bridgehead atoms. The third-order valence-corrected chi connectivity index (χ3v) is 11.2. The van der Waals surface area contributed by atoms with Crippen LogP contribution >= 0.6 is 0 Å². The van der Waals surface area contributed by atoms with E-state index in [2.05, 4.69) is 96.9 Å². The standard InChI is InChI=1S/C24H42/c1-15-16(2)23(13)17(3)18(4)24(14,19(15,5)6)22(11,12)20(7,8)21(23,9)10/h1-14H3. The molecule has 0 nitrogen and oxygen atoms in total. The van der Waals surface area contributed by atoms with Gasteiger partial charge >= 0.3 is 0 Å². The van der Waals surface area contributed by atoms with E-state index in [-0.39, 0.29) is 32.5 Å². The predicted octanol–water partition coefficient (Wildman–Crippen LogP) is 7.80. The number of hydrogen-bond acceptors (Lipinski definition) is 0. The summed E-state index contributed by atoms with van der Waals surface area (Å²) in [5, 5.41) is 0. The maximum atomic E-state index is 2.55. The van der Waals surface area contributed by atoms with E-state index in [1.54, 1.807) is 22.3 Å². The van der Waals surface area contributed by atoms with Gasteiger partial charge in [0.2, 0.25) is 0 Å². The van der Waals surface area contributed by atoms with Crippen LogP contribution in [0.25, 0.3) is 0 Å². The summed E-state index contributed by atoms with van der Waals surface area (Å²) < 4.78 is 0. The summed E-state index contributed by atoms with van der Waals surface area (Å²) in [4.78, 5) is 0. The highest BCUT2D eigenvalue weighted by Gasteiger charge is 2.70. The van der Waals surface area contributed by atoms with Crippen molar-refractivity contribution in [2.24, 2.45) is 32.5 Å². The molecule has 0 heterocycles. The molecule has 2 unspecified atom stereocenters. The van der Waals surface area contributed by atoms with Crippen molar-refractivity contribution in [2.45, 2.75) is 96.9 Å². The number of allylic oxidation sites excluding steroid dienone is 4. The van der Waals surface area contributed by atoms with E-state index in [1.165, 1.54) is 0 Å². The van der Waals surface area contributed by atoms with Crippen LogP contribution in [0.15, 0.2) is 22.3 Å². The van der Waals surface area contributed by atoms with Crippen LogP contribution in [-0.2, 0) is 0 Å². The zero-order valence-corrected chi connectivity index (χ0v) is 19.0. The molecule has 0 aromatic heterocycles. The van der Waals surface area contributed by atoms with Crippen molar-refractivity contribution in [1.82, 2.24) is 0 Å². The Morgan fingerprint density at radius 3 is 1.21 bits per heavy atom. The summed E-state index contributed by atoms with van der Waals surface area (Å²) in [6, 6.07) is 0. The zero-order chi connectivity index (χ0) is 19.3. The Hall–Kier alpha value is -0.520. The van der Waals surface area contributed by atoms with Crippen LogP contribution in [0.5, 0.6) is 0 Å². The van der Waals surface area contributed by atoms with Gasteiger partial charge in [0.25, 0.3) is 0 Å². The van der Waals surface area contributed by atoms with E-state index >= 15 is 0 Å². The highest BCUT2D eigenvalue weighted by atomic mass is 14.7. The first-order valence-corrected chi connectivity index (χ1v) is 9.75. The van der Waals surface area contributed by atoms with Crippen molar-refractivity contribution >= 4 is 0 Å². The molecule has 0 radical (unpaired) electrons. The topological polar surface area (TPSA) is 0 Å². The van der Waals surface area contributed by atoms with E-state index in [0.29, 0.717) is 0 Å². The smallest absolute Gasteiger partial charge is 0.0149 e. The maximum absolute atomic E-state index is 2.55. The van der Waals surface area contributed by atoms with Gasteiger partial charge < -0.3 is 0 Å². The highest BCUT2D eigenvalue weighted by molar-refractivity contribution is 5.48. The van der Waals surface area contributed by atoms with Crippen LogP contribution in [0.3, 0.4) is 0 Å². The van der Waals surface area contributed by atoms with Crippen molar-refractivity contribution < 1.29 is 0 Å². The molecule has 0 spiro atoms. The predicted molar refractivity (Wildman–Crippen MR) is 108 cm³/mol. The fraction of sp³-hybridized carbons (Fsp3) is 0.833. The van der Waals surface area contributed by atoms with Crippen LogP contribution in [0.2, 0.25) is 0 Å². The Bertz CT molecular complexity index is 648. The van der Waals surface area contributed by atoms with Gasteiger partial charge in [0.05, 0.1) is 0 Å². The molecule has 24 heavy (non-hydrogen) atoms. The summed E-state index contributed by atoms with van der Waals surface area (Å²) in [6.45, 7) is 34.9. The van der Waals surface area contributed by atoms with Crippen molar-refractivity contribution in [2.75, 3.05) is 0 Å². The van der Waals surface area contributed by atoms with Crippen molar-refractivity contribution in [3.63, 3.8) is 0 Å². The number of fused-ring (bicyclic) bond motifs is 2. The first kappa shape index (κ1) is 19.8. The minimum Gasteiger partial charge on any atom is -0.0670 e. The Balaban J connectivity index is 3.24. The first-order valence-electron chi connectivity index (χ1n) is 9.75. The summed E-state index contributed by atoms with van der Waals surface area (Å²) in [7, 11) is 0. The van der Waals surface area contributed by atoms with Crippen LogP contribution in [0, 0.1) is 32.5 Å². The molecule has 0 saturated carbocycles. The molecular weight excluding hydrogens is 288 g/mol. The molecule has 0 saturated heterocycles. The molecule has 0 aromatic carbocycles. The summed E-state index contributed by atoms with van der Waals surface area (Å²) in [6.07, 6.45) is 0. The molecule has 2 atom stereocenters. The van der Waals surface area contributed by atoms with Crippen LogP contribution < -0.4 is 0 Å². The second-order valence-electron chi connectivity index (χ2n) is 11.2. The zero-order valence-electron chi connectivity index (χ0n) is 19.0. The molecule has 138 valence electrons. The van der Waals surface area contributed by atoms with Gasteiger partial charge in [-0.1, -0.05) is 91.5 Å². The minimum absolute atomic E-state index is 0.0907. The lowest BCUT2D eigenvalue weighted by molar-refractivity contribution is -0.144. The Kier molecular flexibility index (Phi) is 3.80. The number of hydrogen-bond donors (Lipinski definition) is 0. The number of rotatable bonds is 0. The lowest BCUT2D eigenvalue weighted by Crippen LogP contribution is -2.61. The molecule has 2 aliphatic rings. The molecule has 0 aliphatic heterocycles. The Morgan fingerprint density at radius 1 is 0.417 bits per heavy atom. The van der Waals surface area contributed by atoms with E-state index < -0.39 is 0 Å². The third kappa shape index (κ3) is 1.54. The van der Waals surface area contributed by atoms with Gasteiger partial charge in [-0.3, -0.25) is 0 Å². The SMILES string of the molecule is CC1=C(C)C2(C)C(C)=C(C)C(C)(C1(C)C)C(C)(C)C(C)(C)C2(C)C. The van der Waals surface area contributed by atoms with E-state index in [4.69, 9.17) is 0 Å². The molecule has 0 amide bonds. The highest BCUT2D eigenvalue weighted by Crippen LogP contribution is 2.77. The third-order valence-electron chi connectivity index (χ3n) is 11.2. The Labute approximate surface area is 152 Å². The molecular formula is C24H42. The van der Waals surface area contributed by atoms with E-state index in [9.17, 15) is 0 Å². The second kappa shape index (κ2) is 4.60. The quantitative estimate of drug-likeness (QED) is 0.397. The largest absolute Gasteiger partial charge is 0.0670 e. The molecule has 0 N–H and O–H groups in total. The summed E-state index contributed by atoms with van der Waals surface area (Å²) >= 11 is 0. The van der Waals surface area contributed by atoms with E-state index in [0.717, 1.165) is 0 Å². The Morgan fingerprint density at radius 2 is 0.792 bits per heavy atom.